The van der Waals surface area contributed by atoms with E-state index >= 15 is 0 Å². The Hall–Kier alpha value is -2.99. The van der Waals surface area contributed by atoms with Gasteiger partial charge in [-0.2, -0.15) is 0 Å². The van der Waals surface area contributed by atoms with Crippen LogP contribution in [0.2, 0.25) is 0 Å². The van der Waals surface area contributed by atoms with Crippen molar-refractivity contribution in [1.82, 2.24) is 4.57 Å². The van der Waals surface area contributed by atoms with Gasteiger partial charge in [0.1, 0.15) is 17.7 Å². The number of pyridine rings is 1. The third-order valence-corrected chi connectivity index (χ3v) is 5.96. The molecule has 0 bridgehead atoms. The average molecular weight is 393 g/mol. The number of benzene rings is 2. The van der Waals surface area contributed by atoms with Crippen molar-refractivity contribution in [2.45, 2.75) is 17.5 Å². The van der Waals surface area contributed by atoms with Gasteiger partial charge in [-0.15, -0.1) is 11.8 Å². The molecule has 28 heavy (non-hydrogen) atoms. The summed E-state index contributed by atoms with van der Waals surface area (Å²) in [6, 6.07) is 14.8. The predicted molar refractivity (Wildman–Crippen MR) is 111 cm³/mol. The molecule has 5 nitrogen and oxygen atoms in total. The number of thioether (sulfide) groups is 1. The van der Waals surface area contributed by atoms with Crippen LogP contribution in [0.4, 0.5) is 0 Å². The minimum atomic E-state index is -1.01. The van der Waals surface area contributed by atoms with E-state index in [1.807, 2.05) is 24.3 Å². The van der Waals surface area contributed by atoms with Crippen molar-refractivity contribution in [3.05, 3.63) is 82.7 Å². The molecule has 1 N–H and O–H groups in total. The molecule has 2 aromatic carbocycles. The van der Waals surface area contributed by atoms with E-state index in [0.717, 1.165) is 21.9 Å². The Morgan fingerprint density at radius 1 is 1.25 bits per heavy atom. The van der Waals surface area contributed by atoms with Gasteiger partial charge in [0.05, 0.1) is 0 Å². The van der Waals surface area contributed by atoms with E-state index in [-0.39, 0.29) is 12.2 Å². The molecule has 1 unspecified atom stereocenters. The van der Waals surface area contributed by atoms with Gasteiger partial charge in [0.25, 0.3) is 5.56 Å². The highest BCUT2D eigenvalue weighted by molar-refractivity contribution is 7.99. The molecule has 2 heterocycles. The lowest BCUT2D eigenvalue weighted by Gasteiger charge is -2.17. The Labute approximate surface area is 166 Å². The van der Waals surface area contributed by atoms with Gasteiger partial charge in [0, 0.05) is 23.8 Å². The standard InChI is InChI=1S/C22H19NO4S/c1-2-10-27-20-16(11-15-8-5-7-14-6-3-4-9-17(14)15)12-19(24)23-18(22(25)26)13-28-21(20)23/h2-9,12,18H,1,10-11,13H2,(H,25,26). The van der Waals surface area contributed by atoms with Gasteiger partial charge in [0.15, 0.2) is 5.75 Å². The van der Waals surface area contributed by atoms with E-state index in [1.165, 1.54) is 22.4 Å². The van der Waals surface area contributed by atoms with E-state index in [4.69, 9.17) is 4.74 Å². The maximum atomic E-state index is 12.7. The number of carboxylic acid groups (broad SMARTS) is 1. The maximum Gasteiger partial charge on any atom is 0.327 e. The second-order valence-corrected chi connectivity index (χ2v) is 7.60. The van der Waals surface area contributed by atoms with E-state index in [2.05, 4.69) is 24.8 Å². The first-order valence-electron chi connectivity index (χ1n) is 8.94. The fourth-order valence-electron chi connectivity index (χ4n) is 3.56. The molecule has 0 radical (unpaired) electrons. The van der Waals surface area contributed by atoms with Gasteiger partial charge >= 0.3 is 5.97 Å². The minimum Gasteiger partial charge on any atom is -0.486 e. The zero-order chi connectivity index (χ0) is 19.7. The van der Waals surface area contributed by atoms with Gasteiger partial charge in [-0.3, -0.25) is 9.36 Å². The molecule has 1 atom stereocenters. The number of carboxylic acids is 1. The largest absolute Gasteiger partial charge is 0.486 e. The van der Waals surface area contributed by atoms with Gasteiger partial charge in [-0.1, -0.05) is 55.1 Å². The third-order valence-electron chi connectivity index (χ3n) is 4.82. The monoisotopic (exact) mass is 393 g/mol. The fraction of sp³-hybridized carbons (Fsp3) is 0.182. The van der Waals surface area contributed by atoms with Crippen LogP contribution in [0.3, 0.4) is 0 Å². The highest BCUT2D eigenvalue weighted by Gasteiger charge is 2.33. The van der Waals surface area contributed by atoms with Crippen LogP contribution in [0.25, 0.3) is 10.8 Å². The second kappa shape index (κ2) is 7.56. The molecule has 4 rings (SSSR count). The highest BCUT2D eigenvalue weighted by Crippen LogP contribution is 2.41. The lowest BCUT2D eigenvalue weighted by molar-refractivity contribution is -0.140. The van der Waals surface area contributed by atoms with Crippen LogP contribution < -0.4 is 10.3 Å². The lowest BCUT2D eigenvalue weighted by Crippen LogP contribution is -2.29. The van der Waals surface area contributed by atoms with Crippen molar-refractivity contribution < 1.29 is 14.6 Å². The SMILES string of the molecule is C=CCOc1c(Cc2cccc3ccccc23)cc(=O)n2c1SCC2C(=O)O. The predicted octanol–water partition coefficient (Wildman–Crippen LogP) is 3.89. The highest BCUT2D eigenvalue weighted by atomic mass is 32.2. The first-order chi connectivity index (χ1) is 13.6. The van der Waals surface area contributed by atoms with Gasteiger partial charge < -0.3 is 9.84 Å². The van der Waals surface area contributed by atoms with E-state index < -0.39 is 12.0 Å². The molecular weight excluding hydrogens is 374 g/mol. The molecule has 0 saturated heterocycles. The van der Waals surface area contributed by atoms with Gasteiger partial charge in [-0.25, -0.2) is 4.79 Å². The number of fused-ring (bicyclic) bond motifs is 2. The fourth-order valence-corrected chi connectivity index (χ4v) is 4.84. The summed E-state index contributed by atoms with van der Waals surface area (Å²) in [4.78, 5) is 24.3. The normalized spacial score (nSPS) is 15.4. The Bertz CT molecular complexity index is 1130. The quantitative estimate of drug-likeness (QED) is 0.644. The molecule has 1 aromatic heterocycles. The van der Waals surface area contributed by atoms with Crippen LogP contribution in [0.1, 0.15) is 17.2 Å². The number of aromatic nitrogens is 1. The van der Waals surface area contributed by atoms with Crippen LogP contribution in [0.5, 0.6) is 5.75 Å². The third kappa shape index (κ3) is 3.20. The average Bonchev–Trinajstić information content (AvgIpc) is 3.14. The summed E-state index contributed by atoms with van der Waals surface area (Å²) in [6.07, 6.45) is 2.16. The number of ether oxygens (including phenoxy) is 1. The molecule has 0 saturated carbocycles. The number of nitrogens with zero attached hydrogens (tertiary/aromatic N) is 1. The van der Waals surface area contributed by atoms with Crippen molar-refractivity contribution in [3.63, 3.8) is 0 Å². The molecule has 1 aliphatic heterocycles. The second-order valence-electron chi connectivity index (χ2n) is 6.59. The summed E-state index contributed by atoms with van der Waals surface area (Å²) in [6.45, 7) is 3.97. The number of hydrogen-bond acceptors (Lipinski definition) is 4. The Morgan fingerprint density at radius 2 is 2.04 bits per heavy atom. The maximum absolute atomic E-state index is 12.7. The van der Waals surface area contributed by atoms with Crippen LogP contribution in [-0.2, 0) is 11.2 Å². The van der Waals surface area contributed by atoms with Gasteiger partial charge in [0.2, 0.25) is 0 Å². The number of carbonyl (C=O) groups is 1. The summed E-state index contributed by atoms with van der Waals surface area (Å²) in [5.41, 5.74) is 1.53. The zero-order valence-corrected chi connectivity index (χ0v) is 15.9. The van der Waals surface area contributed by atoms with E-state index in [9.17, 15) is 14.7 Å². The minimum absolute atomic E-state index is 0.284. The molecule has 6 heteroatoms. The Balaban J connectivity index is 1.85. The van der Waals surface area contributed by atoms with Crippen molar-refractivity contribution in [2.75, 3.05) is 12.4 Å². The topological polar surface area (TPSA) is 68.5 Å². The lowest BCUT2D eigenvalue weighted by atomic mass is 9.98. The van der Waals surface area contributed by atoms with Gasteiger partial charge in [-0.05, 0) is 16.3 Å². The molecule has 0 amide bonds. The van der Waals surface area contributed by atoms with Crippen molar-refractivity contribution in [2.24, 2.45) is 0 Å². The zero-order valence-electron chi connectivity index (χ0n) is 15.1. The summed E-state index contributed by atoms with van der Waals surface area (Å²) in [7, 11) is 0. The van der Waals surface area contributed by atoms with E-state index in [0.29, 0.717) is 22.9 Å². The first-order valence-corrected chi connectivity index (χ1v) is 9.93. The van der Waals surface area contributed by atoms with Crippen molar-refractivity contribution in [1.29, 1.82) is 0 Å². The van der Waals surface area contributed by atoms with E-state index in [1.54, 1.807) is 6.08 Å². The smallest absolute Gasteiger partial charge is 0.327 e. The first kappa shape index (κ1) is 18.4. The van der Waals surface area contributed by atoms with Crippen molar-refractivity contribution >= 4 is 28.5 Å². The Kier molecular flexibility index (Phi) is 4.96. The molecule has 0 spiro atoms. The summed E-state index contributed by atoms with van der Waals surface area (Å²) >= 11 is 1.35. The molecule has 142 valence electrons. The molecule has 0 aliphatic carbocycles. The van der Waals surface area contributed by atoms with Crippen LogP contribution >= 0.6 is 11.8 Å². The van der Waals surface area contributed by atoms with Crippen LogP contribution in [-0.4, -0.2) is 28.0 Å². The summed E-state index contributed by atoms with van der Waals surface area (Å²) < 4.78 is 7.24. The summed E-state index contributed by atoms with van der Waals surface area (Å²) in [5, 5.41) is 12.3. The van der Waals surface area contributed by atoms with Crippen molar-refractivity contribution in [3.8, 4) is 5.75 Å². The number of hydrogen-bond donors (Lipinski definition) is 1. The molecule has 0 fully saturated rings. The van der Waals surface area contributed by atoms with Crippen LogP contribution in [0, 0.1) is 0 Å². The summed E-state index contributed by atoms with van der Waals surface area (Å²) in [5.74, 6) is -0.127. The molecule has 3 aromatic rings. The molecule has 1 aliphatic rings. The van der Waals surface area contributed by atoms with Crippen LogP contribution in [0.15, 0.2) is 71.0 Å². The Morgan fingerprint density at radius 3 is 2.82 bits per heavy atom. The number of aliphatic carboxylic acids is 1. The molecular formula is C22H19NO4S. The number of rotatable bonds is 6.